The minimum atomic E-state index is 0.641. The molecule has 0 rings (SSSR count). The van der Waals surface area contributed by atoms with E-state index < -0.39 is 0 Å². The number of hydrogen-bond donors (Lipinski definition) is 1. The van der Waals surface area contributed by atoms with Crippen molar-refractivity contribution in [1.82, 2.24) is 0 Å². The summed E-state index contributed by atoms with van der Waals surface area (Å²) in [5.74, 6) is 3.54. The summed E-state index contributed by atoms with van der Waals surface area (Å²) in [7, 11) is 0. The Hall–Kier alpha value is -0.0800. The molecule has 0 saturated carbocycles. The molecule has 0 fully saturated rings. The maximum absolute atomic E-state index is 5.48. The van der Waals surface area contributed by atoms with E-state index in [1.165, 1.54) is 77.0 Å². The molecule has 0 amide bonds. The number of hydrogen-bond acceptors (Lipinski definition) is 2. The lowest BCUT2D eigenvalue weighted by Crippen LogP contribution is -2.10. The van der Waals surface area contributed by atoms with E-state index in [1.54, 1.807) is 0 Å². The van der Waals surface area contributed by atoms with Crippen molar-refractivity contribution in [3.8, 4) is 0 Å². The van der Waals surface area contributed by atoms with Gasteiger partial charge in [-0.25, -0.2) is 0 Å². The van der Waals surface area contributed by atoms with Crippen molar-refractivity contribution < 1.29 is 4.74 Å². The lowest BCUT2D eigenvalue weighted by molar-refractivity contribution is 0.127. The van der Waals surface area contributed by atoms with E-state index in [2.05, 4.69) is 34.6 Å². The third kappa shape index (κ3) is 17.3. The highest BCUT2D eigenvalue weighted by Crippen LogP contribution is 2.23. The summed E-state index contributed by atoms with van der Waals surface area (Å²) >= 11 is 0. The van der Waals surface area contributed by atoms with Gasteiger partial charge in [0.2, 0.25) is 0 Å². The minimum Gasteiger partial charge on any atom is -0.380 e. The summed E-state index contributed by atoms with van der Waals surface area (Å²) in [5.41, 5.74) is 5.44. The van der Waals surface area contributed by atoms with E-state index in [0.717, 1.165) is 30.3 Å². The average Bonchev–Trinajstić information content (AvgIpc) is 2.59. The summed E-state index contributed by atoms with van der Waals surface area (Å²) in [6.07, 6.45) is 16.6. The second-order valence-electron chi connectivity index (χ2n) is 9.19. The van der Waals surface area contributed by atoms with Crippen LogP contribution in [-0.2, 0) is 4.74 Å². The van der Waals surface area contributed by atoms with Gasteiger partial charge in [-0.2, -0.15) is 0 Å². The van der Waals surface area contributed by atoms with Crippen molar-refractivity contribution in [1.29, 1.82) is 0 Å². The monoisotopic (exact) mass is 369 g/mol. The maximum Gasteiger partial charge on any atom is 0.0588 e. The molecule has 4 atom stereocenters. The van der Waals surface area contributed by atoms with Crippen molar-refractivity contribution in [3.05, 3.63) is 0 Å². The summed E-state index contributed by atoms with van der Waals surface area (Å²) in [6.45, 7) is 14.2. The lowest BCUT2D eigenvalue weighted by atomic mass is 9.90. The molecular weight excluding hydrogens is 318 g/mol. The van der Waals surface area contributed by atoms with Gasteiger partial charge in [-0.1, -0.05) is 105 Å². The molecule has 0 spiro atoms. The van der Waals surface area contributed by atoms with Crippen LogP contribution in [0.5, 0.6) is 0 Å². The van der Waals surface area contributed by atoms with E-state index in [1.807, 2.05) is 0 Å². The van der Waals surface area contributed by atoms with Crippen LogP contribution < -0.4 is 5.73 Å². The zero-order chi connectivity index (χ0) is 19.6. The van der Waals surface area contributed by atoms with E-state index in [-0.39, 0.29) is 0 Å². The first-order valence-electron chi connectivity index (χ1n) is 11.8. The fraction of sp³-hybridized carbons (Fsp3) is 1.00. The molecule has 0 aliphatic rings. The highest BCUT2D eigenvalue weighted by atomic mass is 16.5. The Morgan fingerprint density at radius 2 is 0.962 bits per heavy atom. The van der Waals surface area contributed by atoms with Crippen molar-refractivity contribution in [3.63, 3.8) is 0 Å². The number of ether oxygens (including phenoxy) is 1. The van der Waals surface area contributed by atoms with Crippen LogP contribution in [0.4, 0.5) is 0 Å². The SMILES string of the molecule is CCCC(C)CCCC(C)CCCC(C)CCCC(C)CCOCCN. The zero-order valence-electron chi connectivity index (χ0n) is 18.9. The van der Waals surface area contributed by atoms with Gasteiger partial charge in [-0.05, 0) is 30.1 Å². The Balaban J connectivity index is 3.51. The van der Waals surface area contributed by atoms with Crippen molar-refractivity contribution in [2.24, 2.45) is 29.4 Å². The van der Waals surface area contributed by atoms with Gasteiger partial charge in [0.15, 0.2) is 0 Å². The third-order valence-corrected chi connectivity index (χ3v) is 5.98. The number of nitrogens with two attached hydrogens (primary N) is 1. The highest BCUT2D eigenvalue weighted by Gasteiger charge is 2.08. The van der Waals surface area contributed by atoms with E-state index >= 15 is 0 Å². The van der Waals surface area contributed by atoms with Crippen LogP contribution >= 0.6 is 0 Å². The molecule has 158 valence electrons. The molecule has 2 N–H and O–H groups in total. The smallest absolute Gasteiger partial charge is 0.0588 e. The summed E-state index contributed by atoms with van der Waals surface area (Å²) in [5, 5.41) is 0. The van der Waals surface area contributed by atoms with Crippen molar-refractivity contribution in [2.75, 3.05) is 19.8 Å². The largest absolute Gasteiger partial charge is 0.380 e. The van der Waals surface area contributed by atoms with Crippen molar-refractivity contribution >= 4 is 0 Å². The lowest BCUT2D eigenvalue weighted by Gasteiger charge is -2.16. The maximum atomic E-state index is 5.48. The van der Waals surface area contributed by atoms with E-state index in [0.29, 0.717) is 13.2 Å². The molecule has 0 aromatic heterocycles. The van der Waals surface area contributed by atoms with Crippen LogP contribution in [0.15, 0.2) is 0 Å². The molecular formula is C24H51NO. The molecule has 2 heteroatoms. The number of rotatable bonds is 19. The second-order valence-corrected chi connectivity index (χ2v) is 9.19. The molecule has 26 heavy (non-hydrogen) atoms. The summed E-state index contributed by atoms with van der Waals surface area (Å²) in [4.78, 5) is 0. The molecule has 0 heterocycles. The van der Waals surface area contributed by atoms with Gasteiger partial charge in [-0.15, -0.1) is 0 Å². The molecule has 0 bridgehead atoms. The molecule has 0 radical (unpaired) electrons. The normalized spacial score (nSPS) is 16.4. The topological polar surface area (TPSA) is 35.2 Å². The first-order chi connectivity index (χ1) is 12.5. The fourth-order valence-electron chi connectivity index (χ4n) is 3.98. The van der Waals surface area contributed by atoms with Gasteiger partial charge in [0, 0.05) is 13.2 Å². The van der Waals surface area contributed by atoms with Crippen LogP contribution in [-0.4, -0.2) is 19.8 Å². The first-order valence-corrected chi connectivity index (χ1v) is 11.8. The molecule has 0 aromatic rings. The Bertz CT molecular complexity index is 281. The molecule has 0 saturated heterocycles. The minimum absolute atomic E-state index is 0.641. The van der Waals surface area contributed by atoms with Gasteiger partial charge in [0.25, 0.3) is 0 Å². The molecule has 2 nitrogen and oxygen atoms in total. The van der Waals surface area contributed by atoms with Gasteiger partial charge >= 0.3 is 0 Å². The predicted molar refractivity (Wildman–Crippen MR) is 118 cm³/mol. The van der Waals surface area contributed by atoms with Crippen LogP contribution in [0.1, 0.15) is 112 Å². The van der Waals surface area contributed by atoms with Gasteiger partial charge in [-0.3, -0.25) is 0 Å². The Labute approximate surface area is 166 Å². The van der Waals surface area contributed by atoms with Gasteiger partial charge in [0.1, 0.15) is 0 Å². The van der Waals surface area contributed by atoms with Crippen LogP contribution in [0, 0.1) is 23.7 Å². The molecule has 0 aliphatic heterocycles. The standard InChI is InChI=1S/C24H51NO/c1-6-10-21(2)11-7-12-22(3)13-8-14-23(4)15-9-16-24(5)17-19-26-20-18-25/h21-24H,6-20,25H2,1-5H3. The van der Waals surface area contributed by atoms with Gasteiger partial charge < -0.3 is 10.5 Å². The molecule has 0 aliphatic carbocycles. The zero-order valence-corrected chi connectivity index (χ0v) is 18.9. The first kappa shape index (κ1) is 25.9. The molecule has 4 unspecified atom stereocenters. The van der Waals surface area contributed by atoms with Crippen LogP contribution in [0.2, 0.25) is 0 Å². The average molecular weight is 370 g/mol. The predicted octanol–water partition coefficient (Wildman–Crippen LogP) is 7.21. The summed E-state index contributed by atoms with van der Waals surface area (Å²) < 4.78 is 5.48. The van der Waals surface area contributed by atoms with Crippen LogP contribution in [0.25, 0.3) is 0 Å². The van der Waals surface area contributed by atoms with E-state index in [9.17, 15) is 0 Å². The Morgan fingerprint density at radius 1 is 0.577 bits per heavy atom. The van der Waals surface area contributed by atoms with Gasteiger partial charge in [0.05, 0.1) is 6.61 Å². The highest BCUT2D eigenvalue weighted by molar-refractivity contribution is 4.61. The molecule has 0 aromatic carbocycles. The van der Waals surface area contributed by atoms with E-state index in [4.69, 9.17) is 10.5 Å². The Morgan fingerprint density at radius 3 is 1.35 bits per heavy atom. The second kappa shape index (κ2) is 18.3. The van der Waals surface area contributed by atoms with Crippen molar-refractivity contribution in [2.45, 2.75) is 112 Å². The Kier molecular flexibility index (Phi) is 18.2. The quantitative estimate of drug-likeness (QED) is 0.244. The third-order valence-electron chi connectivity index (χ3n) is 5.98. The summed E-state index contributed by atoms with van der Waals surface area (Å²) in [6, 6.07) is 0. The van der Waals surface area contributed by atoms with Crippen LogP contribution in [0.3, 0.4) is 0 Å². The fourth-order valence-corrected chi connectivity index (χ4v) is 3.98.